The third-order valence-corrected chi connectivity index (χ3v) is 2.87. The number of pyridine rings is 1. The lowest BCUT2D eigenvalue weighted by atomic mass is 10.1. The van der Waals surface area contributed by atoms with E-state index in [-0.39, 0.29) is 11.9 Å². The van der Waals surface area contributed by atoms with E-state index in [0.29, 0.717) is 17.3 Å². The highest BCUT2D eigenvalue weighted by atomic mass is 16.5. The van der Waals surface area contributed by atoms with Gasteiger partial charge in [0.05, 0.1) is 11.7 Å². The molecule has 1 unspecified atom stereocenters. The minimum Gasteiger partial charge on any atom is -0.384 e. The van der Waals surface area contributed by atoms with Crippen LogP contribution < -0.4 is 11.1 Å². The highest BCUT2D eigenvalue weighted by Gasteiger charge is 2.19. The summed E-state index contributed by atoms with van der Waals surface area (Å²) in [6.07, 6.45) is 0. The highest BCUT2D eigenvalue weighted by Crippen LogP contribution is 2.21. The van der Waals surface area contributed by atoms with Crippen LogP contribution in [0.15, 0.2) is 22.7 Å². The fourth-order valence-electron chi connectivity index (χ4n) is 2.03. The van der Waals surface area contributed by atoms with E-state index in [1.165, 1.54) is 0 Å². The van der Waals surface area contributed by atoms with E-state index in [2.05, 4.69) is 15.5 Å². The molecule has 3 N–H and O–H groups in total. The van der Waals surface area contributed by atoms with Crippen molar-refractivity contribution in [1.82, 2.24) is 15.5 Å². The molecule has 1 amide bonds. The molecule has 19 heavy (non-hydrogen) atoms. The zero-order valence-corrected chi connectivity index (χ0v) is 11.1. The zero-order chi connectivity index (χ0) is 14.0. The molecule has 0 aromatic carbocycles. The van der Waals surface area contributed by atoms with Crippen molar-refractivity contribution in [3.05, 3.63) is 40.9 Å². The fourth-order valence-corrected chi connectivity index (χ4v) is 2.03. The van der Waals surface area contributed by atoms with Crippen LogP contribution in [-0.2, 0) is 0 Å². The number of nitrogens with one attached hydrogen (secondary N) is 1. The predicted octanol–water partition coefficient (Wildman–Crippen LogP) is 1.76. The van der Waals surface area contributed by atoms with Crippen molar-refractivity contribution >= 4 is 11.7 Å². The maximum atomic E-state index is 12.0. The Hall–Kier alpha value is -2.37. The Morgan fingerprint density at radius 1 is 1.42 bits per heavy atom. The minimum absolute atomic E-state index is 0.206. The molecule has 0 saturated carbocycles. The number of carbonyl (C=O) groups is 1. The van der Waals surface area contributed by atoms with E-state index in [1.807, 2.05) is 20.8 Å². The van der Waals surface area contributed by atoms with Gasteiger partial charge in [-0.3, -0.25) is 4.79 Å². The largest absolute Gasteiger partial charge is 0.384 e. The van der Waals surface area contributed by atoms with Crippen LogP contribution in [0, 0.1) is 13.8 Å². The van der Waals surface area contributed by atoms with Gasteiger partial charge in [-0.15, -0.1) is 0 Å². The molecule has 0 radical (unpaired) electrons. The second kappa shape index (κ2) is 5.09. The van der Waals surface area contributed by atoms with Crippen molar-refractivity contribution in [2.75, 3.05) is 5.73 Å². The molecular weight excluding hydrogens is 244 g/mol. The molecule has 0 aliphatic carbocycles. The molecule has 0 bridgehead atoms. The van der Waals surface area contributed by atoms with E-state index < -0.39 is 0 Å². The molecule has 0 spiro atoms. The normalized spacial score (nSPS) is 12.2. The second-order valence-electron chi connectivity index (χ2n) is 4.38. The molecule has 6 nitrogen and oxygen atoms in total. The average Bonchev–Trinajstić information content (AvgIpc) is 2.69. The van der Waals surface area contributed by atoms with Crippen LogP contribution in [0.4, 0.5) is 5.82 Å². The summed E-state index contributed by atoms with van der Waals surface area (Å²) in [6.45, 7) is 5.53. The predicted molar refractivity (Wildman–Crippen MR) is 70.5 cm³/mol. The lowest BCUT2D eigenvalue weighted by Gasteiger charge is -2.13. The first kappa shape index (κ1) is 13.1. The first-order valence-electron chi connectivity index (χ1n) is 5.95. The average molecular weight is 260 g/mol. The van der Waals surface area contributed by atoms with Crippen LogP contribution >= 0.6 is 0 Å². The highest BCUT2D eigenvalue weighted by molar-refractivity contribution is 5.92. The van der Waals surface area contributed by atoms with Crippen LogP contribution in [0.1, 0.15) is 40.5 Å². The Labute approximate surface area is 111 Å². The summed E-state index contributed by atoms with van der Waals surface area (Å²) in [4.78, 5) is 16.0. The van der Waals surface area contributed by atoms with Gasteiger partial charge in [-0.05, 0) is 32.9 Å². The second-order valence-corrected chi connectivity index (χ2v) is 4.38. The molecule has 0 aliphatic rings. The van der Waals surface area contributed by atoms with Gasteiger partial charge in [-0.2, -0.15) is 0 Å². The number of nitrogen functional groups attached to an aromatic ring is 1. The zero-order valence-electron chi connectivity index (χ0n) is 11.1. The summed E-state index contributed by atoms with van der Waals surface area (Å²) < 4.78 is 5.09. The number of aromatic nitrogens is 2. The molecule has 6 heteroatoms. The van der Waals surface area contributed by atoms with Gasteiger partial charge in [0, 0.05) is 5.56 Å². The number of hydrogen-bond acceptors (Lipinski definition) is 5. The Bertz CT molecular complexity index is 587. The smallest absolute Gasteiger partial charge is 0.270 e. The molecule has 0 saturated heterocycles. The van der Waals surface area contributed by atoms with Gasteiger partial charge in [0.1, 0.15) is 17.3 Å². The van der Waals surface area contributed by atoms with Gasteiger partial charge in [0.2, 0.25) is 0 Å². The molecule has 0 aliphatic heterocycles. The van der Waals surface area contributed by atoms with Gasteiger partial charge in [0.15, 0.2) is 0 Å². The van der Waals surface area contributed by atoms with Crippen LogP contribution in [0.5, 0.6) is 0 Å². The van der Waals surface area contributed by atoms with Gasteiger partial charge < -0.3 is 15.6 Å². The monoisotopic (exact) mass is 260 g/mol. The van der Waals surface area contributed by atoms with Crippen molar-refractivity contribution in [3.8, 4) is 0 Å². The molecule has 2 heterocycles. The quantitative estimate of drug-likeness (QED) is 0.876. The van der Waals surface area contributed by atoms with Crippen LogP contribution in [-0.4, -0.2) is 16.0 Å². The fraction of sp³-hybridized carbons (Fsp3) is 0.308. The standard InChI is InChI=1S/C13H16N4O2/c1-7(12-8(2)17-19-9(12)3)15-13(18)10-5-4-6-11(14)16-10/h4-7H,1-3H3,(H2,14,16)(H,15,18). The number of aryl methyl sites for hydroxylation is 2. The van der Waals surface area contributed by atoms with E-state index in [4.69, 9.17) is 10.3 Å². The Balaban J connectivity index is 2.15. The molecule has 2 rings (SSSR count). The van der Waals surface area contributed by atoms with E-state index in [9.17, 15) is 4.79 Å². The number of hydrogen-bond donors (Lipinski definition) is 2. The van der Waals surface area contributed by atoms with Crippen molar-refractivity contribution in [2.24, 2.45) is 0 Å². The van der Waals surface area contributed by atoms with Crippen LogP contribution in [0.2, 0.25) is 0 Å². The van der Waals surface area contributed by atoms with Gasteiger partial charge in [-0.1, -0.05) is 11.2 Å². The Kier molecular flexibility index (Phi) is 3.50. The summed E-state index contributed by atoms with van der Waals surface area (Å²) in [5, 5.41) is 6.72. The summed E-state index contributed by atoms with van der Waals surface area (Å²) in [7, 11) is 0. The van der Waals surface area contributed by atoms with Crippen molar-refractivity contribution in [3.63, 3.8) is 0 Å². The first-order chi connectivity index (χ1) is 8.99. The topological polar surface area (TPSA) is 94.0 Å². The molecule has 0 fully saturated rings. The lowest BCUT2D eigenvalue weighted by molar-refractivity contribution is 0.0935. The SMILES string of the molecule is Cc1noc(C)c1C(C)NC(=O)c1cccc(N)n1. The van der Waals surface area contributed by atoms with Crippen molar-refractivity contribution in [1.29, 1.82) is 0 Å². The number of nitrogens with zero attached hydrogens (tertiary/aromatic N) is 2. The first-order valence-corrected chi connectivity index (χ1v) is 5.95. The number of nitrogens with two attached hydrogens (primary N) is 1. The number of anilines is 1. The number of rotatable bonds is 3. The third kappa shape index (κ3) is 2.73. The Morgan fingerprint density at radius 3 is 2.74 bits per heavy atom. The van der Waals surface area contributed by atoms with Crippen LogP contribution in [0.3, 0.4) is 0 Å². The maximum absolute atomic E-state index is 12.0. The molecule has 1 atom stereocenters. The van der Waals surface area contributed by atoms with E-state index >= 15 is 0 Å². The maximum Gasteiger partial charge on any atom is 0.270 e. The lowest BCUT2D eigenvalue weighted by Crippen LogP contribution is -2.28. The number of amides is 1. The van der Waals surface area contributed by atoms with Crippen molar-refractivity contribution < 1.29 is 9.32 Å². The summed E-state index contributed by atoms with van der Waals surface area (Å²) in [5.74, 6) is 0.739. The molecular formula is C13H16N4O2. The summed E-state index contributed by atoms with van der Waals surface area (Å²) >= 11 is 0. The van der Waals surface area contributed by atoms with E-state index in [1.54, 1.807) is 18.2 Å². The number of carbonyl (C=O) groups excluding carboxylic acids is 1. The Morgan fingerprint density at radius 2 is 2.16 bits per heavy atom. The molecule has 2 aromatic heterocycles. The van der Waals surface area contributed by atoms with Crippen molar-refractivity contribution in [2.45, 2.75) is 26.8 Å². The van der Waals surface area contributed by atoms with Gasteiger partial charge in [0.25, 0.3) is 5.91 Å². The summed E-state index contributed by atoms with van der Waals surface area (Å²) in [5.41, 5.74) is 7.50. The van der Waals surface area contributed by atoms with Crippen LogP contribution in [0.25, 0.3) is 0 Å². The summed E-state index contributed by atoms with van der Waals surface area (Å²) in [6, 6.07) is 4.74. The van der Waals surface area contributed by atoms with Gasteiger partial charge in [-0.25, -0.2) is 4.98 Å². The van der Waals surface area contributed by atoms with Gasteiger partial charge >= 0.3 is 0 Å². The minimum atomic E-state index is -0.278. The molecule has 100 valence electrons. The molecule has 2 aromatic rings. The third-order valence-electron chi connectivity index (χ3n) is 2.87. The van der Waals surface area contributed by atoms with E-state index in [0.717, 1.165) is 11.3 Å².